The fraction of sp³-hybridized carbons (Fsp3) is 0.143. The molecule has 0 saturated carbocycles. The van der Waals surface area contributed by atoms with Crippen LogP contribution >= 0.6 is 11.5 Å². The monoisotopic (exact) mass is 547 g/mol. The summed E-state index contributed by atoms with van der Waals surface area (Å²) in [6.45, 7) is 1.90. The molecule has 0 aliphatic carbocycles. The van der Waals surface area contributed by atoms with E-state index in [1.165, 1.54) is 24.1 Å². The predicted octanol–water partition coefficient (Wildman–Crippen LogP) is 3.98. The molecule has 200 valence electrons. The van der Waals surface area contributed by atoms with E-state index in [-0.39, 0.29) is 22.8 Å². The van der Waals surface area contributed by atoms with Gasteiger partial charge in [-0.2, -0.15) is 4.37 Å². The number of para-hydroxylation sites is 1. The van der Waals surface area contributed by atoms with E-state index in [1.54, 1.807) is 48.5 Å². The Kier molecular flexibility index (Phi) is 8.21. The number of halogens is 1. The SMILES string of the molecule is COc1ccc(C(C(=O)NCc2ccc(F)cc2)N(C(=O)c2snc(C(N)=O)c2N)c2ccccc2C)cc1. The molecule has 0 aliphatic heterocycles. The van der Waals surface area contributed by atoms with Gasteiger partial charge in [0.25, 0.3) is 11.8 Å². The van der Waals surface area contributed by atoms with Gasteiger partial charge in [0.05, 0.1) is 12.8 Å². The first-order valence-corrected chi connectivity index (χ1v) is 12.6. The summed E-state index contributed by atoms with van der Waals surface area (Å²) in [7, 11) is 1.52. The number of primary amides is 1. The number of methoxy groups -OCH3 is 1. The molecule has 1 atom stereocenters. The number of benzene rings is 3. The Bertz CT molecular complexity index is 1510. The van der Waals surface area contributed by atoms with Gasteiger partial charge in [-0.05, 0) is 65.5 Å². The quantitative estimate of drug-likeness (QED) is 0.289. The molecule has 3 aromatic carbocycles. The molecular weight excluding hydrogens is 521 g/mol. The molecule has 0 spiro atoms. The van der Waals surface area contributed by atoms with Gasteiger partial charge in [-0.3, -0.25) is 19.3 Å². The molecule has 39 heavy (non-hydrogen) atoms. The van der Waals surface area contributed by atoms with Crippen LogP contribution in [-0.2, 0) is 11.3 Å². The molecule has 1 heterocycles. The average molecular weight is 548 g/mol. The van der Waals surface area contributed by atoms with Crippen molar-refractivity contribution >= 4 is 40.6 Å². The molecule has 11 heteroatoms. The van der Waals surface area contributed by atoms with E-state index >= 15 is 0 Å². The number of hydrogen-bond acceptors (Lipinski definition) is 7. The molecule has 3 amide bonds. The topological polar surface area (TPSA) is 141 Å². The van der Waals surface area contributed by atoms with E-state index in [9.17, 15) is 18.8 Å². The molecule has 0 radical (unpaired) electrons. The van der Waals surface area contributed by atoms with Crippen molar-refractivity contribution in [2.45, 2.75) is 19.5 Å². The number of anilines is 2. The normalized spacial score (nSPS) is 11.5. The van der Waals surface area contributed by atoms with E-state index in [4.69, 9.17) is 16.2 Å². The van der Waals surface area contributed by atoms with E-state index in [0.717, 1.165) is 11.5 Å². The fourth-order valence-corrected chi connectivity index (χ4v) is 4.77. The number of nitrogens with zero attached hydrogens (tertiary/aromatic N) is 2. The summed E-state index contributed by atoms with van der Waals surface area (Å²) in [6.07, 6.45) is 0. The Morgan fingerprint density at radius 2 is 1.72 bits per heavy atom. The maximum Gasteiger partial charge on any atom is 0.273 e. The van der Waals surface area contributed by atoms with E-state index in [2.05, 4.69) is 9.69 Å². The minimum absolute atomic E-state index is 0.0306. The first-order chi connectivity index (χ1) is 18.7. The number of rotatable bonds is 9. The highest BCUT2D eigenvalue weighted by molar-refractivity contribution is 7.09. The number of aromatic nitrogens is 1. The van der Waals surface area contributed by atoms with Gasteiger partial charge in [0.2, 0.25) is 5.91 Å². The van der Waals surface area contributed by atoms with Crippen LogP contribution in [0.4, 0.5) is 15.8 Å². The van der Waals surface area contributed by atoms with Gasteiger partial charge >= 0.3 is 0 Å². The van der Waals surface area contributed by atoms with Crippen LogP contribution in [0.1, 0.15) is 42.9 Å². The van der Waals surface area contributed by atoms with Crippen molar-refractivity contribution in [1.29, 1.82) is 0 Å². The summed E-state index contributed by atoms with van der Waals surface area (Å²) in [5, 5.41) is 2.86. The number of ether oxygens (including phenoxy) is 1. The lowest BCUT2D eigenvalue weighted by molar-refractivity contribution is -0.122. The Balaban J connectivity index is 1.83. The van der Waals surface area contributed by atoms with Crippen molar-refractivity contribution in [3.8, 4) is 5.75 Å². The first kappa shape index (κ1) is 27.3. The van der Waals surface area contributed by atoms with Crippen molar-refractivity contribution in [1.82, 2.24) is 9.69 Å². The van der Waals surface area contributed by atoms with Crippen LogP contribution in [0.3, 0.4) is 0 Å². The van der Waals surface area contributed by atoms with Crippen LogP contribution in [0.2, 0.25) is 0 Å². The lowest BCUT2D eigenvalue weighted by atomic mass is 10.0. The smallest absolute Gasteiger partial charge is 0.273 e. The van der Waals surface area contributed by atoms with Crippen LogP contribution in [0.15, 0.2) is 72.8 Å². The van der Waals surface area contributed by atoms with Crippen molar-refractivity contribution in [3.63, 3.8) is 0 Å². The molecule has 1 unspecified atom stereocenters. The maximum absolute atomic E-state index is 14.1. The number of aryl methyl sites for hydroxylation is 1. The van der Waals surface area contributed by atoms with E-state index in [1.807, 2.05) is 19.1 Å². The number of hydrogen-bond donors (Lipinski definition) is 3. The highest BCUT2D eigenvalue weighted by Gasteiger charge is 2.36. The summed E-state index contributed by atoms with van der Waals surface area (Å²) in [5.74, 6) is -1.83. The second-order valence-corrected chi connectivity index (χ2v) is 9.39. The van der Waals surface area contributed by atoms with Crippen LogP contribution in [-0.4, -0.2) is 29.2 Å². The molecule has 5 N–H and O–H groups in total. The average Bonchev–Trinajstić information content (AvgIpc) is 3.33. The van der Waals surface area contributed by atoms with Crippen LogP contribution in [0.5, 0.6) is 5.75 Å². The van der Waals surface area contributed by atoms with Gasteiger partial charge < -0.3 is 21.5 Å². The van der Waals surface area contributed by atoms with Gasteiger partial charge in [0.1, 0.15) is 22.5 Å². The summed E-state index contributed by atoms with van der Waals surface area (Å²) in [5.41, 5.74) is 13.4. The first-order valence-electron chi connectivity index (χ1n) is 11.8. The largest absolute Gasteiger partial charge is 0.497 e. The minimum atomic E-state index is -1.16. The second-order valence-electron chi connectivity index (χ2n) is 8.62. The van der Waals surface area contributed by atoms with E-state index < -0.39 is 29.6 Å². The Morgan fingerprint density at radius 3 is 2.31 bits per heavy atom. The zero-order chi connectivity index (χ0) is 28.1. The van der Waals surface area contributed by atoms with Crippen molar-refractivity contribution < 1.29 is 23.5 Å². The minimum Gasteiger partial charge on any atom is -0.497 e. The van der Waals surface area contributed by atoms with Gasteiger partial charge in [-0.1, -0.05) is 42.5 Å². The Hall–Kier alpha value is -4.77. The molecule has 0 fully saturated rings. The van der Waals surface area contributed by atoms with Crippen molar-refractivity contribution in [3.05, 3.63) is 106 Å². The zero-order valence-electron chi connectivity index (χ0n) is 21.2. The zero-order valence-corrected chi connectivity index (χ0v) is 22.0. The highest BCUT2D eigenvalue weighted by atomic mass is 32.1. The van der Waals surface area contributed by atoms with Gasteiger partial charge in [-0.25, -0.2) is 4.39 Å². The Labute approximate surface area is 228 Å². The molecule has 1 aromatic heterocycles. The van der Waals surface area contributed by atoms with Crippen molar-refractivity contribution in [2.24, 2.45) is 5.73 Å². The number of carbonyl (C=O) groups is 3. The molecule has 4 rings (SSSR count). The number of nitrogens with two attached hydrogens (primary N) is 2. The van der Waals surface area contributed by atoms with Crippen LogP contribution < -0.4 is 26.4 Å². The third-order valence-electron chi connectivity index (χ3n) is 6.07. The molecule has 0 saturated heterocycles. The predicted molar refractivity (Wildman–Crippen MR) is 147 cm³/mol. The molecular formula is C28H26FN5O4S. The standard InChI is InChI=1S/C28H26FN5O4S/c1-16-5-3-4-6-21(16)34(28(37)25-22(30)23(26(31)35)33-39-25)24(18-9-13-20(38-2)14-10-18)27(36)32-15-17-7-11-19(29)12-8-17/h3-14,24H,15,30H2,1-2H3,(H2,31,35)(H,32,36). The third kappa shape index (κ3) is 5.88. The number of nitrogens with one attached hydrogen (secondary N) is 1. The lowest BCUT2D eigenvalue weighted by Gasteiger charge is -2.32. The lowest BCUT2D eigenvalue weighted by Crippen LogP contribution is -2.44. The van der Waals surface area contributed by atoms with Gasteiger partial charge in [-0.15, -0.1) is 0 Å². The molecule has 4 aromatic rings. The molecule has 0 aliphatic rings. The summed E-state index contributed by atoms with van der Waals surface area (Å²) >= 11 is 0.729. The number of nitrogen functional groups attached to an aromatic ring is 1. The molecule has 9 nitrogen and oxygen atoms in total. The number of amides is 3. The van der Waals surface area contributed by atoms with Crippen LogP contribution in [0, 0.1) is 12.7 Å². The van der Waals surface area contributed by atoms with Gasteiger partial charge in [0, 0.05) is 12.2 Å². The number of carbonyl (C=O) groups excluding carboxylic acids is 3. The summed E-state index contributed by atoms with van der Waals surface area (Å²) in [4.78, 5) is 41.1. The van der Waals surface area contributed by atoms with E-state index in [0.29, 0.717) is 28.1 Å². The Morgan fingerprint density at radius 1 is 1.05 bits per heavy atom. The van der Waals surface area contributed by atoms with Gasteiger partial charge in [0.15, 0.2) is 5.69 Å². The maximum atomic E-state index is 14.1. The second kappa shape index (κ2) is 11.7. The summed E-state index contributed by atoms with van der Waals surface area (Å²) in [6, 6.07) is 18.4. The fourth-order valence-electron chi connectivity index (χ4n) is 4.03. The highest BCUT2D eigenvalue weighted by Crippen LogP contribution is 2.35. The summed E-state index contributed by atoms with van der Waals surface area (Å²) < 4.78 is 22.6. The van der Waals surface area contributed by atoms with Crippen LogP contribution in [0.25, 0.3) is 0 Å². The van der Waals surface area contributed by atoms with Crippen molar-refractivity contribution in [2.75, 3.05) is 17.7 Å². The third-order valence-corrected chi connectivity index (χ3v) is 6.92. The molecule has 0 bridgehead atoms.